The minimum atomic E-state index is -3.46. The second-order valence-electron chi connectivity index (χ2n) is 5.89. The number of nitrogens with zero attached hydrogens (tertiary/aromatic N) is 1. The van der Waals surface area contributed by atoms with Gasteiger partial charge in [-0.3, -0.25) is 0 Å². The van der Waals surface area contributed by atoms with E-state index in [9.17, 15) is 8.42 Å². The molecule has 0 aliphatic carbocycles. The SMILES string of the molecule is CCNCc1ccc(C)c(S(=O)(=O)N(C)C(C)C(C)C)c1. The van der Waals surface area contributed by atoms with Crippen molar-refractivity contribution in [3.05, 3.63) is 29.3 Å². The molecule has 1 aromatic carbocycles. The van der Waals surface area contributed by atoms with E-state index in [-0.39, 0.29) is 12.0 Å². The predicted octanol–water partition coefficient (Wildman–Crippen LogP) is 2.77. The normalized spacial score (nSPS) is 13.9. The third kappa shape index (κ3) is 4.28. The molecule has 0 heterocycles. The highest BCUT2D eigenvalue weighted by Gasteiger charge is 2.28. The Bertz CT molecular complexity index is 568. The van der Waals surface area contributed by atoms with Crippen LogP contribution < -0.4 is 5.32 Å². The lowest BCUT2D eigenvalue weighted by atomic mass is 10.1. The Morgan fingerprint density at radius 3 is 2.38 bits per heavy atom. The maximum absolute atomic E-state index is 12.8. The van der Waals surface area contributed by atoms with Crippen molar-refractivity contribution in [1.29, 1.82) is 0 Å². The van der Waals surface area contributed by atoms with E-state index < -0.39 is 10.0 Å². The van der Waals surface area contributed by atoms with E-state index in [0.29, 0.717) is 11.4 Å². The van der Waals surface area contributed by atoms with Crippen molar-refractivity contribution in [1.82, 2.24) is 9.62 Å². The topological polar surface area (TPSA) is 49.4 Å². The summed E-state index contributed by atoms with van der Waals surface area (Å²) in [6.45, 7) is 11.4. The van der Waals surface area contributed by atoms with E-state index in [1.165, 1.54) is 4.31 Å². The molecular weight excluding hydrogens is 284 g/mol. The number of rotatable bonds is 7. The van der Waals surface area contributed by atoms with Crippen LogP contribution in [0.3, 0.4) is 0 Å². The van der Waals surface area contributed by atoms with E-state index in [1.807, 2.05) is 46.8 Å². The molecule has 1 unspecified atom stereocenters. The van der Waals surface area contributed by atoms with Gasteiger partial charge in [-0.05, 0) is 43.5 Å². The lowest BCUT2D eigenvalue weighted by molar-refractivity contribution is 0.315. The number of hydrogen-bond acceptors (Lipinski definition) is 3. The molecule has 0 aliphatic rings. The zero-order valence-corrected chi connectivity index (χ0v) is 14.8. The van der Waals surface area contributed by atoms with Gasteiger partial charge in [0.25, 0.3) is 0 Å². The first kappa shape index (κ1) is 18.1. The van der Waals surface area contributed by atoms with Crippen LogP contribution in [0.1, 0.15) is 38.8 Å². The van der Waals surface area contributed by atoms with E-state index in [0.717, 1.165) is 17.7 Å². The van der Waals surface area contributed by atoms with Gasteiger partial charge < -0.3 is 5.32 Å². The average molecular weight is 312 g/mol. The van der Waals surface area contributed by atoms with Gasteiger partial charge in [0.05, 0.1) is 4.90 Å². The van der Waals surface area contributed by atoms with Gasteiger partial charge in [0, 0.05) is 19.6 Å². The van der Waals surface area contributed by atoms with Crippen LogP contribution in [0.2, 0.25) is 0 Å². The van der Waals surface area contributed by atoms with E-state index in [1.54, 1.807) is 13.1 Å². The highest BCUT2D eigenvalue weighted by Crippen LogP contribution is 2.24. The molecule has 0 amide bonds. The Morgan fingerprint density at radius 1 is 1.24 bits per heavy atom. The number of nitrogens with one attached hydrogen (secondary N) is 1. The Kier molecular flexibility index (Phi) is 6.38. The predicted molar refractivity (Wildman–Crippen MR) is 87.8 cm³/mol. The Hall–Kier alpha value is -0.910. The lowest BCUT2D eigenvalue weighted by Gasteiger charge is -2.28. The van der Waals surface area contributed by atoms with E-state index >= 15 is 0 Å². The molecule has 1 N–H and O–H groups in total. The average Bonchev–Trinajstić information content (AvgIpc) is 2.44. The first-order chi connectivity index (χ1) is 9.71. The molecule has 0 aliphatic heterocycles. The van der Waals surface area contributed by atoms with Gasteiger partial charge in [-0.2, -0.15) is 4.31 Å². The zero-order chi connectivity index (χ0) is 16.2. The van der Waals surface area contributed by atoms with Gasteiger partial charge in [-0.15, -0.1) is 0 Å². The third-order valence-corrected chi connectivity index (χ3v) is 6.11. The molecule has 120 valence electrons. The minimum absolute atomic E-state index is 0.0353. The van der Waals surface area contributed by atoms with Crippen molar-refractivity contribution in [2.45, 2.75) is 52.1 Å². The fourth-order valence-electron chi connectivity index (χ4n) is 2.10. The second kappa shape index (κ2) is 7.38. The highest BCUT2D eigenvalue weighted by molar-refractivity contribution is 7.89. The summed E-state index contributed by atoms with van der Waals surface area (Å²) in [6, 6.07) is 5.61. The third-order valence-electron chi connectivity index (χ3n) is 4.03. The number of benzene rings is 1. The van der Waals surface area contributed by atoms with Gasteiger partial charge >= 0.3 is 0 Å². The van der Waals surface area contributed by atoms with Crippen molar-refractivity contribution >= 4 is 10.0 Å². The molecular formula is C16H28N2O2S. The first-order valence-corrected chi connectivity index (χ1v) is 8.94. The van der Waals surface area contributed by atoms with Crippen LogP contribution >= 0.6 is 0 Å². The van der Waals surface area contributed by atoms with Crippen LogP contribution in [0.5, 0.6) is 0 Å². The molecule has 0 radical (unpaired) electrons. The fraction of sp³-hybridized carbons (Fsp3) is 0.625. The zero-order valence-electron chi connectivity index (χ0n) is 14.0. The summed E-state index contributed by atoms with van der Waals surface area (Å²) in [4.78, 5) is 0.410. The van der Waals surface area contributed by atoms with Crippen LogP contribution in [-0.4, -0.2) is 32.4 Å². The largest absolute Gasteiger partial charge is 0.313 e. The minimum Gasteiger partial charge on any atom is -0.313 e. The highest BCUT2D eigenvalue weighted by atomic mass is 32.2. The van der Waals surface area contributed by atoms with Crippen molar-refractivity contribution < 1.29 is 8.42 Å². The fourth-order valence-corrected chi connectivity index (χ4v) is 3.86. The van der Waals surface area contributed by atoms with Gasteiger partial charge in [-0.1, -0.05) is 32.9 Å². The van der Waals surface area contributed by atoms with E-state index in [2.05, 4.69) is 5.32 Å². The van der Waals surface area contributed by atoms with Gasteiger partial charge in [-0.25, -0.2) is 8.42 Å². The van der Waals surface area contributed by atoms with Crippen molar-refractivity contribution in [3.8, 4) is 0 Å². The first-order valence-electron chi connectivity index (χ1n) is 7.50. The van der Waals surface area contributed by atoms with Crippen molar-refractivity contribution in [2.24, 2.45) is 5.92 Å². The summed E-state index contributed by atoms with van der Waals surface area (Å²) in [5.74, 6) is 0.273. The number of sulfonamides is 1. The quantitative estimate of drug-likeness (QED) is 0.842. The standard InChI is InChI=1S/C16H28N2O2S/c1-7-17-11-15-9-8-13(4)16(10-15)21(19,20)18(6)14(5)12(2)3/h8-10,12,14,17H,7,11H2,1-6H3. The molecule has 1 aromatic rings. The molecule has 4 nitrogen and oxygen atoms in total. The molecule has 21 heavy (non-hydrogen) atoms. The Morgan fingerprint density at radius 2 is 1.86 bits per heavy atom. The summed E-state index contributed by atoms with van der Waals surface area (Å²) in [7, 11) is -1.79. The van der Waals surface area contributed by atoms with Crippen LogP contribution in [0, 0.1) is 12.8 Å². The van der Waals surface area contributed by atoms with Crippen molar-refractivity contribution in [2.75, 3.05) is 13.6 Å². The van der Waals surface area contributed by atoms with Gasteiger partial charge in [0.15, 0.2) is 0 Å². The summed E-state index contributed by atoms with van der Waals surface area (Å²) < 4.78 is 27.1. The summed E-state index contributed by atoms with van der Waals surface area (Å²) >= 11 is 0. The molecule has 1 rings (SSSR count). The molecule has 1 atom stereocenters. The maximum atomic E-state index is 12.8. The Balaban J connectivity index is 3.18. The summed E-state index contributed by atoms with van der Waals surface area (Å²) in [5, 5.41) is 3.22. The second-order valence-corrected chi connectivity index (χ2v) is 7.85. The van der Waals surface area contributed by atoms with Crippen molar-refractivity contribution in [3.63, 3.8) is 0 Å². The van der Waals surface area contributed by atoms with Crippen LogP contribution in [-0.2, 0) is 16.6 Å². The lowest BCUT2D eigenvalue weighted by Crippen LogP contribution is -2.38. The van der Waals surface area contributed by atoms with Crippen LogP contribution in [0.15, 0.2) is 23.1 Å². The number of aryl methyl sites for hydroxylation is 1. The van der Waals surface area contributed by atoms with Crippen LogP contribution in [0.25, 0.3) is 0 Å². The summed E-state index contributed by atoms with van der Waals surface area (Å²) in [6.07, 6.45) is 0. The smallest absolute Gasteiger partial charge is 0.243 e. The number of hydrogen-bond donors (Lipinski definition) is 1. The molecule has 5 heteroatoms. The van der Waals surface area contributed by atoms with Gasteiger partial charge in [0.1, 0.15) is 0 Å². The van der Waals surface area contributed by atoms with Gasteiger partial charge in [0.2, 0.25) is 10.0 Å². The molecule has 0 fully saturated rings. The van der Waals surface area contributed by atoms with E-state index in [4.69, 9.17) is 0 Å². The molecule has 0 saturated carbocycles. The molecule has 0 saturated heterocycles. The van der Waals surface area contributed by atoms with Crippen LogP contribution in [0.4, 0.5) is 0 Å². The molecule has 0 aromatic heterocycles. The summed E-state index contributed by atoms with van der Waals surface area (Å²) in [5.41, 5.74) is 1.78. The maximum Gasteiger partial charge on any atom is 0.243 e. The Labute approximate surface area is 129 Å². The molecule has 0 bridgehead atoms. The molecule has 0 spiro atoms. The monoisotopic (exact) mass is 312 g/mol.